The van der Waals surface area contributed by atoms with Gasteiger partial charge in [-0.2, -0.15) is 0 Å². The second-order valence-corrected chi connectivity index (χ2v) is 13.0. The standard InChI is InChI=1S/C27H51N7S/c1-31(2)24-8-6-23(7-9-24)30-27(35)29-18-25-17-21-10-12-34(25)20-22(21)19-32-13-15-33(16-14-32)26-5-3-4-11-28-26/h21-26,28H,3-20H2,1-2H3,(H2,29,30,35)/p+2/t21-,22+,23?,24?,25+,26?/m1/s1. The Labute approximate surface area is 219 Å². The summed E-state index contributed by atoms with van der Waals surface area (Å²) in [5.41, 5.74) is 0. The van der Waals surface area contributed by atoms with E-state index in [1.54, 1.807) is 0 Å². The minimum absolute atomic E-state index is 0.558. The Kier molecular flexibility index (Phi) is 9.22. The van der Waals surface area contributed by atoms with Crippen molar-refractivity contribution < 1.29 is 10.2 Å². The van der Waals surface area contributed by atoms with E-state index in [4.69, 9.17) is 12.2 Å². The molecule has 7 nitrogen and oxygen atoms in total. The topological polar surface area (TPSA) is 54.8 Å². The maximum Gasteiger partial charge on any atom is 0.166 e. The van der Waals surface area contributed by atoms with Crippen molar-refractivity contribution in [1.29, 1.82) is 0 Å². The van der Waals surface area contributed by atoms with Gasteiger partial charge in [0.1, 0.15) is 12.2 Å². The summed E-state index contributed by atoms with van der Waals surface area (Å²) in [5, 5.41) is 10.7. The van der Waals surface area contributed by atoms with E-state index in [2.05, 4.69) is 44.7 Å². The van der Waals surface area contributed by atoms with E-state index in [1.165, 1.54) is 110 Å². The van der Waals surface area contributed by atoms with E-state index >= 15 is 0 Å². The number of piperidine rings is 4. The van der Waals surface area contributed by atoms with Crippen molar-refractivity contribution in [2.45, 2.75) is 82.1 Å². The van der Waals surface area contributed by atoms with Crippen molar-refractivity contribution in [3.05, 3.63) is 0 Å². The van der Waals surface area contributed by atoms with Crippen molar-refractivity contribution in [1.82, 2.24) is 25.3 Å². The molecule has 200 valence electrons. The van der Waals surface area contributed by atoms with Crippen LogP contribution >= 0.6 is 12.2 Å². The fourth-order valence-electron chi connectivity index (χ4n) is 7.92. The van der Waals surface area contributed by atoms with Crippen LogP contribution in [-0.4, -0.2) is 117 Å². The summed E-state index contributed by atoms with van der Waals surface area (Å²) >= 11 is 5.70. The highest BCUT2D eigenvalue weighted by Gasteiger charge is 2.44. The third kappa shape index (κ3) is 6.88. The molecule has 0 spiro atoms. The van der Waals surface area contributed by atoms with Crippen LogP contribution in [0.3, 0.4) is 0 Å². The summed E-state index contributed by atoms with van der Waals surface area (Å²) in [6, 6.07) is 2.05. The van der Waals surface area contributed by atoms with Gasteiger partial charge in [-0.3, -0.25) is 4.90 Å². The number of hydrogen-bond acceptors (Lipinski definition) is 4. The number of rotatable bonds is 7. The molecule has 5 heterocycles. The van der Waals surface area contributed by atoms with E-state index in [9.17, 15) is 0 Å². The Bertz CT molecular complexity index is 668. The molecule has 1 saturated carbocycles. The van der Waals surface area contributed by atoms with E-state index in [0.717, 1.165) is 41.7 Å². The number of quaternary nitrogens is 2. The summed E-state index contributed by atoms with van der Waals surface area (Å²) in [7, 11) is 4.42. The van der Waals surface area contributed by atoms with Gasteiger partial charge in [0.25, 0.3) is 0 Å². The first-order valence-electron chi connectivity index (χ1n) is 14.9. The molecule has 35 heavy (non-hydrogen) atoms. The first-order chi connectivity index (χ1) is 17.0. The highest BCUT2D eigenvalue weighted by Crippen LogP contribution is 2.28. The molecule has 5 N–H and O–H groups in total. The predicted molar refractivity (Wildman–Crippen MR) is 147 cm³/mol. The Morgan fingerprint density at radius 3 is 2.49 bits per heavy atom. The fraction of sp³-hybridized carbons (Fsp3) is 0.963. The van der Waals surface area contributed by atoms with E-state index < -0.39 is 0 Å². The van der Waals surface area contributed by atoms with Crippen LogP contribution in [0.15, 0.2) is 0 Å². The molecule has 5 atom stereocenters. The van der Waals surface area contributed by atoms with Gasteiger partial charge in [-0.25, -0.2) is 0 Å². The maximum atomic E-state index is 5.70. The molecule has 0 aromatic heterocycles. The lowest BCUT2D eigenvalue weighted by molar-refractivity contribution is -0.945. The molecular weight excluding hydrogens is 454 g/mol. The lowest BCUT2D eigenvalue weighted by Crippen LogP contribution is -3.20. The Balaban J connectivity index is 0.995. The molecule has 6 rings (SSSR count). The number of nitrogens with two attached hydrogens (primary N) is 1. The average molecular weight is 508 g/mol. The smallest absolute Gasteiger partial charge is 0.166 e. The third-order valence-electron chi connectivity index (χ3n) is 10.2. The van der Waals surface area contributed by atoms with Gasteiger partial charge in [0.05, 0.1) is 26.2 Å². The number of hydrogen-bond donors (Lipinski definition) is 4. The van der Waals surface area contributed by atoms with Gasteiger partial charge in [0.2, 0.25) is 0 Å². The first-order valence-corrected chi connectivity index (χ1v) is 15.3. The maximum absolute atomic E-state index is 5.70. The first kappa shape index (κ1) is 26.1. The molecule has 1 aliphatic carbocycles. The zero-order chi connectivity index (χ0) is 24.2. The minimum Gasteiger partial charge on any atom is -0.360 e. The van der Waals surface area contributed by atoms with Crippen LogP contribution in [0.5, 0.6) is 0 Å². The number of nitrogens with one attached hydrogen (secondary N) is 3. The second kappa shape index (κ2) is 12.4. The van der Waals surface area contributed by atoms with Gasteiger partial charge in [0.15, 0.2) is 5.11 Å². The molecule has 0 amide bonds. The van der Waals surface area contributed by atoms with Crippen molar-refractivity contribution >= 4 is 17.3 Å². The lowest BCUT2D eigenvalue weighted by atomic mass is 9.75. The third-order valence-corrected chi connectivity index (χ3v) is 10.5. The fourth-order valence-corrected chi connectivity index (χ4v) is 8.17. The van der Waals surface area contributed by atoms with Crippen LogP contribution in [0.4, 0.5) is 0 Å². The number of thiocarbonyl (C=S) groups is 1. The number of piperazine rings is 1. The molecule has 6 aliphatic rings. The van der Waals surface area contributed by atoms with Crippen LogP contribution < -0.4 is 20.9 Å². The van der Waals surface area contributed by atoms with Gasteiger partial charge < -0.3 is 30.7 Å². The van der Waals surface area contributed by atoms with Crippen LogP contribution in [0.1, 0.15) is 57.8 Å². The average Bonchev–Trinajstić information content (AvgIpc) is 2.89. The lowest BCUT2D eigenvalue weighted by Gasteiger charge is -2.49. The zero-order valence-electron chi connectivity index (χ0n) is 22.5. The number of nitrogens with zero attached hydrogens (tertiary/aromatic N) is 3. The van der Waals surface area contributed by atoms with Gasteiger partial charge in [-0.15, -0.1) is 0 Å². The zero-order valence-corrected chi connectivity index (χ0v) is 23.3. The van der Waals surface area contributed by atoms with E-state index in [1.807, 2.05) is 4.90 Å². The highest BCUT2D eigenvalue weighted by molar-refractivity contribution is 7.80. The van der Waals surface area contributed by atoms with Crippen LogP contribution in [0, 0.1) is 11.8 Å². The van der Waals surface area contributed by atoms with Crippen molar-refractivity contribution in [3.63, 3.8) is 0 Å². The van der Waals surface area contributed by atoms with Gasteiger partial charge >= 0.3 is 0 Å². The highest BCUT2D eigenvalue weighted by atomic mass is 32.1. The molecule has 2 unspecified atom stereocenters. The summed E-state index contributed by atoms with van der Waals surface area (Å²) < 4.78 is 0. The van der Waals surface area contributed by atoms with Crippen molar-refractivity contribution in [2.24, 2.45) is 11.8 Å². The van der Waals surface area contributed by atoms with Crippen LogP contribution in [0.25, 0.3) is 0 Å². The molecule has 8 heteroatoms. The van der Waals surface area contributed by atoms with Gasteiger partial charge in [-0.05, 0) is 70.8 Å². The van der Waals surface area contributed by atoms with Gasteiger partial charge in [0, 0.05) is 70.0 Å². The van der Waals surface area contributed by atoms with E-state index in [-0.39, 0.29) is 0 Å². The predicted octanol–water partition coefficient (Wildman–Crippen LogP) is -0.692. The second-order valence-electron chi connectivity index (χ2n) is 12.6. The van der Waals surface area contributed by atoms with Crippen molar-refractivity contribution in [2.75, 3.05) is 73.0 Å². The summed E-state index contributed by atoms with van der Waals surface area (Å²) in [5.74, 6) is 1.83. The van der Waals surface area contributed by atoms with Crippen molar-refractivity contribution in [3.8, 4) is 0 Å². The molecule has 0 aromatic rings. The Hall–Kier alpha value is -0.510. The molecule has 2 bridgehead atoms. The van der Waals surface area contributed by atoms with Crippen LogP contribution in [0.2, 0.25) is 0 Å². The minimum atomic E-state index is 0.558. The summed E-state index contributed by atoms with van der Waals surface area (Å²) in [4.78, 5) is 9.78. The molecular formula is C27H53N7S+2. The Morgan fingerprint density at radius 1 is 1.03 bits per heavy atom. The van der Waals surface area contributed by atoms with E-state index in [0.29, 0.717) is 6.04 Å². The summed E-state index contributed by atoms with van der Waals surface area (Å²) in [6.07, 6.45) is 12.9. The normalized spacial score (nSPS) is 39.0. The molecule has 0 radical (unpaired) electrons. The molecule has 6 fully saturated rings. The number of fused-ring (bicyclic) bond motifs is 3. The summed E-state index contributed by atoms with van der Waals surface area (Å²) in [6.45, 7) is 11.6. The van der Waals surface area contributed by atoms with Crippen LogP contribution in [-0.2, 0) is 0 Å². The van der Waals surface area contributed by atoms with Gasteiger partial charge in [-0.1, -0.05) is 0 Å². The SMILES string of the molecule is CN(C)C1CCC(NC(=S)NC[C@@H]2C[C@H]3CC[NH+]2C[C@@H]3CN2CCN(C3CCCC[NH2+]3)CC2)CC1. The Morgan fingerprint density at radius 2 is 1.83 bits per heavy atom. The molecule has 5 saturated heterocycles. The quantitative estimate of drug-likeness (QED) is 0.342. The largest absolute Gasteiger partial charge is 0.360 e. The monoisotopic (exact) mass is 507 g/mol. The molecule has 5 aliphatic heterocycles. The molecule has 0 aromatic carbocycles.